The zero-order valence-electron chi connectivity index (χ0n) is 15.9. The number of rotatable bonds is 3. The van der Waals surface area contributed by atoms with Crippen LogP contribution in [-0.4, -0.2) is 36.6 Å². The Bertz CT molecular complexity index is 1130. The van der Waals surface area contributed by atoms with Crippen LogP contribution >= 0.6 is 0 Å². The number of benzene rings is 1. The molecule has 1 aliphatic heterocycles. The van der Waals surface area contributed by atoms with Crippen molar-refractivity contribution < 1.29 is 36.2 Å². The SMILES string of the molecule is CC(C)c1ccc2c(c1)OC1(O)C3=C(C(=O)C21NS(=O)(=O)C(F)(F)F)C(N)CC=C3. The number of carbonyl (C=O) groups excluding carboxylic acids is 1. The number of sulfonamides is 1. The summed E-state index contributed by atoms with van der Waals surface area (Å²) in [7, 11) is -6.05. The van der Waals surface area contributed by atoms with Crippen molar-refractivity contribution in [1.82, 2.24) is 4.72 Å². The van der Waals surface area contributed by atoms with E-state index in [0.29, 0.717) is 0 Å². The van der Waals surface area contributed by atoms with Crippen molar-refractivity contribution in [2.24, 2.45) is 5.73 Å². The van der Waals surface area contributed by atoms with Crippen LogP contribution < -0.4 is 15.2 Å². The molecule has 3 unspecified atom stereocenters. The molecule has 3 atom stereocenters. The lowest BCUT2D eigenvalue weighted by Gasteiger charge is -2.35. The molecule has 2 aliphatic carbocycles. The number of aliphatic hydroxyl groups is 1. The van der Waals surface area contributed by atoms with Crippen molar-refractivity contribution in [2.75, 3.05) is 0 Å². The van der Waals surface area contributed by atoms with Gasteiger partial charge in [-0.2, -0.15) is 17.9 Å². The molecule has 0 bridgehead atoms. The van der Waals surface area contributed by atoms with Crippen molar-refractivity contribution in [2.45, 2.75) is 49.1 Å². The fraction of sp³-hybridized carbons (Fsp3) is 0.421. The van der Waals surface area contributed by atoms with Gasteiger partial charge in [-0.05, 0) is 24.0 Å². The predicted molar refractivity (Wildman–Crippen MR) is 99.7 cm³/mol. The third-order valence-corrected chi connectivity index (χ3v) is 6.90. The zero-order valence-corrected chi connectivity index (χ0v) is 16.8. The van der Waals surface area contributed by atoms with E-state index in [1.165, 1.54) is 29.0 Å². The summed E-state index contributed by atoms with van der Waals surface area (Å²) in [6.07, 6.45) is 3.06. The van der Waals surface area contributed by atoms with Crippen molar-refractivity contribution in [3.8, 4) is 5.75 Å². The first-order valence-corrected chi connectivity index (χ1v) is 10.6. The van der Waals surface area contributed by atoms with E-state index in [9.17, 15) is 31.5 Å². The van der Waals surface area contributed by atoms with Gasteiger partial charge in [0, 0.05) is 22.8 Å². The summed E-state index contributed by atoms with van der Waals surface area (Å²) >= 11 is 0. The van der Waals surface area contributed by atoms with Crippen LogP contribution in [0.3, 0.4) is 0 Å². The minimum Gasteiger partial charge on any atom is -0.455 e. The number of alkyl halides is 3. The molecular weight excluding hydrogens is 425 g/mol. The molecule has 11 heteroatoms. The van der Waals surface area contributed by atoms with E-state index in [1.54, 1.807) is 6.07 Å². The third-order valence-electron chi connectivity index (χ3n) is 5.72. The van der Waals surface area contributed by atoms with Crippen molar-refractivity contribution in [3.63, 3.8) is 0 Å². The molecule has 0 saturated carbocycles. The summed E-state index contributed by atoms with van der Waals surface area (Å²) < 4.78 is 71.0. The van der Waals surface area contributed by atoms with Gasteiger partial charge < -0.3 is 15.6 Å². The fourth-order valence-electron chi connectivity index (χ4n) is 4.20. The standard InChI is InChI=1S/C19H19F3N2O5S/c1-9(2)10-6-7-11-14(8-10)29-18(26)12-4-3-5-13(23)15(12)16(25)17(11,18)24-30(27,28)19(20,21)22/h3-4,6-9,13,24,26H,5,23H2,1-2H3. The van der Waals surface area contributed by atoms with Gasteiger partial charge in [-0.1, -0.05) is 38.1 Å². The number of halogens is 3. The molecule has 4 N–H and O–H groups in total. The van der Waals surface area contributed by atoms with Gasteiger partial charge in [-0.25, -0.2) is 8.42 Å². The molecule has 1 aromatic rings. The van der Waals surface area contributed by atoms with Crippen LogP contribution in [0.1, 0.15) is 37.3 Å². The molecule has 0 fully saturated rings. The average molecular weight is 444 g/mol. The second-order valence-electron chi connectivity index (χ2n) is 7.86. The van der Waals surface area contributed by atoms with Gasteiger partial charge in [0.2, 0.25) is 0 Å². The van der Waals surface area contributed by atoms with Crippen molar-refractivity contribution in [1.29, 1.82) is 0 Å². The van der Waals surface area contributed by atoms with Crippen molar-refractivity contribution >= 4 is 15.8 Å². The summed E-state index contributed by atoms with van der Waals surface area (Å²) in [4.78, 5) is 13.4. The van der Waals surface area contributed by atoms with Crippen LogP contribution in [0.15, 0.2) is 41.5 Å². The number of carbonyl (C=O) groups is 1. The highest BCUT2D eigenvalue weighted by Crippen LogP contribution is 2.58. The van der Waals surface area contributed by atoms with Crippen molar-refractivity contribution in [3.05, 3.63) is 52.6 Å². The quantitative estimate of drug-likeness (QED) is 0.653. The lowest BCUT2D eigenvalue weighted by atomic mass is 9.82. The van der Waals surface area contributed by atoms with Gasteiger partial charge in [-0.3, -0.25) is 4.79 Å². The maximum Gasteiger partial charge on any atom is 0.511 e. The highest BCUT2D eigenvalue weighted by atomic mass is 32.2. The van der Waals surface area contributed by atoms with E-state index in [-0.39, 0.29) is 34.8 Å². The Morgan fingerprint density at radius 3 is 2.60 bits per heavy atom. The molecular formula is C19H19F3N2O5S. The average Bonchev–Trinajstić information content (AvgIpc) is 2.98. The van der Waals surface area contributed by atoms with Gasteiger partial charge >= 0.3 is 15.5 Å². The largest absolute Gasteiger partial charge is 0.511 e. The molecule has 162 valence electrons. The van der Waals surface area contributed by atoms with Gasteiger partial charge in [0.05, 0.1) is 0 Å². The summed E-state index contributed by atoms with van der Waals surface area (Å²) in [6, 6.07) is 3.39. The third kappa shape index (κ3) is 2.49. The minimum absolute atomic E-state index is 0.00489. The van der Waals surface area contributed by atoms with Crippen LogP contribution in [0.5, 0.6) is 5.75 Å². The van der Waals surface area contributed by atoms with Gasteiger partial charge in [0.15, 0.2) is 11.3 Å². The first kappa shape index (κ1) is 21.0. The Morgan fingerprint density at radius 2 is 2.00 bits per heavy atom. The molecule has 4 rings (SSSR count). The Labute approximate surface area is 170 Å². The summed E-state index contributed by atoms with van der Waals surface area (Å²) in [5.74, 6) is -3.86. The van der Waals surface area contributed by atoms with Crippen LogP contribution in [0, 0.1) is 0 Å². The Balaban J connectivity index is 2.00. The molecule has 7 nitrogen and oxygen atoms in total. The van der Waals surface area contributed by atoms with E-state index in [1.807, 2.05) is 13.8 Å². The molecule has 0 radical (unpaired) electrons. The molecule has 30 heavy (non-hydrogen) atoms. The highest BCUT2D eigenvalue weighted by Gasteiger charge is 2.74. The monoisotopic (exact) mass is 444 g/mol. The molecule has 0 aromatic heterocycles. The number of hydrogen-bond acceptors (Lipinski definition) is 6. The number of nitrogens with one attached hydrogen (secondary N) is 1. The zero-order chi connectivity index (χ0) is 22.3. The number of ether oxygens (including phenoxy) is 1. The maximum absolute atomic E-state index is 13.4. The smallest absolute Gasteiger partial charge is 0.455 e. The number of nitrogens with two attached hydrogens (primary N) is 1. The van der Waals surface area contributed by atoms with E-state index in [4.69, 9.17) is 10.5 Å². The van der Waals surface area contributed by atoms with Gasteiger partial charge in [-0.15, -0.1) is 0 Å². The van der Waals surface area contributed by atoms with E-state index < -0.39 is 38.7 Å². The van der Waals surface area contributed by atoms with E-state index >= 15 is 0 Å². The van der Waals surface area contributed by atoms with Crippen LogP contribution in [0.2, 0.25) is 0 Å². The summed E-state index contributed by atoms with van der Waals surface area (Å²) in [5.41, 5.74) is -2.29. The predicted octanol–water partition coefficient (Wildman–Crippen LogP) is 1.69. The molecule has 0 spiro atoms. The Morgan fingerprint density at radius 1 is 1.33 bits per heavy atom. The van der Waals surface area contributed by atoms with Gasteiger partial charge in [0.25, 0.3) is 5.79 Å². The fourth-order valence-corrected chi connectivity index (χ4v) is 5.06. The molecule has 1 heterocycles. The second kappa shape index (κ2) is 6.16. The minimum atomic E-state index is -6.05. The molecule has 0 saturated heterocycles. The summed E-state index contributed by atoms with van der Waals surface area (Å²) in [5, 5.41) is 11.4. The lowest BCUT2D eigenvalue weighted by molar-refractivity contribution is -0.153. The topological polar surface area (TPSA) is 119 Å². The first-order chi connectivity index (χ1) is 13.8. The number of ketones is 1. The van der Waals surface area contributed by atoms with Crippen LogP contribution in [0.4, 0.5) is 13.2 Å². The Kier molecular flexibility index (Phi) is 4.32. The van der Waals surface area contributed by atoms with Crippen LogP contribution in [-0.2, 0) is 20.4 Å². The normalized spacial score (nSPS) is 30.4. The van der Waals surface area contributed by atoms with Crippen LogP contribution in [0.25, 0.3) is 0 Å². The maximum atomic E-state index is 13.4. The van der Waals surface area contributed by atoms with E-state index in [0.717, 1.165) is 5.56 Å². The molecule has 0 amide bonds. The Hall–Kier alpha value is -2.21. The molecule has 1 aromatic carbocycles. The summed E-state index contributed by atoms with van der Waals surface area (Å²) in [6.45, 7) is 3.73. The number of fused-ring (bicyclic) bond motifs is 4. The number of Topliss-reactive ketones (excluding diaryl/α,β-unsaturated/α-hetero) is 1. The molecule has 3 aliphatic rings. The van der Waals surface area contributed by atoms with Gasteiger partial charge in [0.1, 0.15) is 5.75 Å². The highest BCUT2D eigenvalue weighted by molar-refractivity contribution is 7.90. The second-order valence-corrected chi connectivity index (χ2v) is 9.53. The van der Waals surface area contributed by atoms with E-state index in [2.05, 4.69) is 0 Å². The first-order valence-electron chi connectivity index (χ1n) is 9.14. The lowest BCUT2D eigenvalue weighted by Crippen LogP contribution is -2.64. The number of hydrogen-bond donors (Lipinski definition) is 3.